The number of aliphatic hydroxyl groups is 1. The van der Waals surface area contributed by atoms with Crippen molar-refractivity contribution in [3.05, 3.63) is 0 Å². The molecule has 0 radical (unpaired) electrons. The zero-order chi connectivity index (χ0) is 10.9. The second-order valence-corrected chi connectivity index (χ2v) is 2.93. The summed E-state index contributed by atoms with van der Waals surface area (Å²) < 4.78 is 15.1. The molecule has 0 amide bonds. The Hall–Kier alpha value is -0.200. The van der Waals surface area contributed by atoms with Gasteiger partial charge in [0.2, 0.25) is 0 Å². The minimum atomic E-state index is -1.54. The van der Waals surface area contributed by atoms with E-state index in [0.29, 0.717) is 39.4 Å². The highest BCUT2D eigenvalue weighted by Crippen LogP contribution is 2.07. The van der Waals surface area contributed by atoms with Crippen LogP contribution >= 0.6 is 0 Å². The van der Waals surface area contributed by atoms with E-state index in [4.69, 9.17) is 19.9 Å². The molecule has 0 aromatic heterocycles. The quantitative estimate of drug-likeness (QED) is 0.413. The largest absolute Gasteiger partial charge is 0.379 e. The van der Waals surface area contributed by atoms with Gasteiger partial charge in [0.05, 0.1) is 19.8 Å². The lowest BCUT2D eigenvalue weighted by Crippen LogP contribution is -2.34. The van der Waals surface area contributed by atoms with E-state index in [-0.39, 0.29) is 0 Å². The lowest BCUT2D eigenvalue weighted by molar-refractivity contribution is -0.350. The van der Waals surface area contributed by atoms with Gasteiger partial charge in [-0.05, 0) is 19.9 Å². The molecule has 1 unspecified atom stereocenters. The SMILES string of the molecule is CCOCCOC(C)(O)OCCCN. The molecule has 0 rings (SSSR count). The molecule has 1 atom stereocenters. The van der Waals surface area contributed by atoms with Crippen molar-refractivity contribution in [1.82, 2.24) is 0 Å². The van der Waals surface area contributed by atoms with Gasteiger partial charge >= 0.3 is 0 Å². The van der Waals surface area contributed by atoms with E-state index in [1.807, 2.05) is 6.92 Å². The molecule has 0 aromatic rings. The van der Waals surface area contributed by atoms with Crippen molar-refractivity contribution in [2.75, 3.05) is 33.0 Å². The molecule has 0 aliphatic heterocycles. The first-order valence-corrected chi connectivity index (χ1v) is 4.90. The molecule has 0 bridgehead atoms. The van der Waals surface area contributed by atoms with Gasteiger partial charge in [-0.15, -0.1) is 0 Å². The van der Waals surface area contributed by atoms with Crippen LogP contribution in [0.1, 0.15) is 20.3 Å². The molecule has 0 aliphatic rings. The van der Waals surface area contributed by atoms with Crippen molar-refractivity contribution in [2.24, 2.45) is 5.73 Å². The molecular formula is C9H21NO4. The van der Waals surface area contributed by atoms with Crippen molar-refractivity contribution in [3.8, 4) is 0 Å². The Kier molecular flexibility index (Phi) is 8.02. The average Bonchev–Trinajstić information content (AvgIpc) is 2.13. The molecule has 5 nitrogen and oxygen atoms in total. The van der Waals surface area contributed by atoms with E-state index in [9.17, 15) is 5.11 Å². The van der Waals surface area contributed by atoms with E-state index in [0.717, 1.165) is 0 Å². The van der Waals surface area contributed by atoms with E-state index in [1.54, 1.807) is 0 Å². The summed E-state index contributed by atoms with van der Waals surface area (Å²) in [5.41, 5.74) is 5.28. The molecule has 0 saturated carbocycles. The van der Waals surface area contributed by atoms with Gasteiger partial charge in [-0.2, -0.15) is 0 Å². The van der Waals surface area contributed by atoms with Gasteiger partial charge in [-0.1, -0.05) is 0 Å². The fraction of sp³-hybridized carbons (Fsp3) is 1.00. The summed E-state index contributed by atoms with van der Waals surface area (Å²) in [6, 6.07) is 0. The molecule has 3 N–H and O–H groups in total. The second-order valence-electron chi connectivity index (χ2n) is 2.93. The van der Waals surface area contributed by atoms with Gasteiger partial charge in [-0.3, -0.25) is 0 Å². The minimum Gasteiger partial charge on any atom is -0.379 e. The van der Waals surface area contributed by atoms with E-state index in [2.05, 4.69) is 0 Å². The van der Waals surface area contributed by atoms with Crippen LogP contribution in [0.25, 0.3) is 0 Å². The Morgan fingerprint density at radius 3 is 2.43 bits per heavy atom. The highest BCUT2D eigenvalue weighted by atomic mass is 16.8. The second kappa shape index (κ2) is 8.14. The van der Waals surface area contributed by atoms with Crippen LogP contribution in [-0.2, 0) is 14.2 Å². The maximum atomic E-state index is 9.50. The fourth-order valence-corrected chi connectivity index (χ4v) is 0.821. The molecule has 0 aromatic carbocycles. The Morgan fingerprint density at radius 2 is 1.86 bits per heavy atom. The first kappa shape index (κ1) is 13.8. The Morgan fingerprint density at radius 1 is 1.21 bits per heavy atom. The summed E-state index contributed by atoms with van der Waals surface area (Å²) in [6.07, 6.45) is 0.699. The summed E-state index contributed by atoms with van der Waals surface area (Å²) in [6.45, 7) is 5.68. The van der Waals surface area contributed by atoms with Crippen LogP contribution in [0.5, 0.6) is 0 Å². The van der Waals surface area contributed by atoms with Gasteiger partial charge in [0, 0.05) is 13.5 Å². The average molecular weight is 207 g/mol. The molecule has 0 saturated heterocycles. The smallest absolute Gasteiger partial charge is 0.277 e. The monoisotopic (exact) mass is 207 g/mol. The van der Waals surface area contributed by atoms with Gasteiger partial charge in [0.1, 0.15) is 0 Å². The van der Waals surface area contributed by atoms with Crippen LogP contribution in [0.3, 0.4) is 0 Å². The Bertz CT molecular complexity index is 130. The van der Waals surface area contributed by atoms with Crippen molar-refractivity contribution in [3.63, 3.8) is 0 Å². The molecular weight excluding hydrogens is 186 g/mol. The maximum absolute atomic E-state index is 9.50. The van der Waals surface area contributed by atoms with Gasteiger partial charge in [-0.25, -0.2) is 0 Å². The minimum absolute atomic E-state index is 0.309. The van der Waals surface area contributed by atoms with Crippen LogP contribution in [0.2, 0.25) is 0 Å². The Balaban J connectivity index is 3.40. The molecule has 0 spiro atoms. The number of ether oxygens (including phenoxy) is 3. The third-order valence-corrected chi connectivity index (χ3v) is 1.52. The topological polar surface area (TPSA) is 73.9 Å². The van der Waals surface area contributed by atoms with E-state index >= 15 is 0 Å². The first-order chi connectivity index (χ1) is 6.62. The number of rotatable bonds is 9. The lowest BCUT2D eigenvalue weighted by atomic mass is 10.5. The number of hydrogen-bond donors (Lipinski definition) is 2. The summed E-state index contributed by atoms with van der Waals surface area (Å²) >= 11 is 0. The maximum Gasteiger partial charge on any atom is 0.277 e. The van der Waals surface area contributed by atoms with Gasteiger partial charge in [0.25, 0.3) is 5.97 Å². The van der Waals surface area contributed by atoms with Crippen molar-refractivity contribution in [2.45, 2.75) is 26.2 Å². The normalized spacial score (nSPS) is 15.4. The number of nitrogens with two attached hydrogens (primary N) is 1. The van der Waals surface area contributed by atoms with Crippen LogP contribution in [-0.4, -0.2) is 44.1 Å². The fourth-order valence-electron chi connectivity index (χ4n) is 0.821. The van der Waals surface area contributed by atoms with E-state index < -0.39 is 5.97 Å². The summed E-state index contributed by atoms with van der Waals surface area (Å²) in [4.78, 5) is 0. The van der Waals surface area contributed by atoms with Crippen molar-refractivity contribution < 1.29 is 19.3 Å². The zero-order valence-corrected chi connectivity index (χ0v) is 8.99. The molecule has 0 heterocycles. The number of hydrogen-bond acceptors (Lipinski definition) is 5. The molecule has 86 valence electrons. The highest BCUT2D eigenvalue weighted by molar-refractivity contribution is 4.45. The van der Waals surface area contributed by atoms with Crippen LogP contribution < -0.4 is 5.73 Å². The van der Waals surface area contributed by atoms with Gasteiger partial charge in [0.15, 0.2) is 0 Å². The lowest BCUT2D eigenvalue weighted by Gasteiger charge is -2.23. The van der Waals surface area contributed by atoms with Crippen LogP contribution in [0, 0.1) is 0 Å². The first-order valence-electron chi connectivity index (χ1n) is 4.90. The zero-order valence-electron chi connectivity index (χ0n) is 8.99. The standard InChI is InChI=1S/C9H21NO4/c1-3-12-7-8-14-9(2,11)13-6-4-5-10/h11H,3-8,10H2,1-2H3. The summed E-state index contributed by atoms with van der Waals surface area (Å²) in [5, 5.41) is 9.50. The van der Waals surface area contributed by atoms with Crippen molar-refractivity contribution >= 4 is 0 Å². The van der Waals surface area contributed by atoms with Crippen LogP contribution in [0.15, 0.2) is 0 Å². The molecule has 5 heteroatoms. The predicted molar refractivity (Wildman–Crippen MR) is 52.7 cm³/mol. The summed E-state index contributed by atoms with van der Waals surface area (Å²) in [7, 11) is 0. The van der Waals surface area contributed by atoms with Gasteiger partial charge < -0.3 is 25.1 Å². The molecule has 14 heavy (non-hydrogen) atoms. The highest BCUT2D eigenvalue weighted by Gasteiger charge is 2.20. The third-order valence-electron chi connectivity index (χ3n) is 1.52. The third kappa shape index (κ3) is 8.40. The van der Waals surface area contributed by atoms with Crippen molar-refractivity contribution in [1.29, 1.82) is 0 Å². The molecule has 0 fully saturated rings. The van der Waals surface area contributed by atoms with Crippen LogP contribution in [0.4, 0.5) is 0 Å². The predicted octanol–water partition coefficient (Wildman–Crippen LogP) is 0.0709. The molecule has 0 aliphatic carbocycles. The Labute approximate surface area is 85.1 Å². The summed E-state index contributed by atoms with van der Waals surface area (Å²) in [5.74, 6) is -1.54. The van der Waals surface area contributed by atoms with E-state index in [1.165, 1.54) is 6.92 Å².